The minimum Gasteiger partial charge on any atom is -0.379 e. The molecular formula is C14H27NO4S. The Labute approximate surface area is 122 Å². The zero-order valence-corrected chi connectivity index (χ0v) is 13.6. The molecule has 1 saturated carbocycles. The van der Waals surface area contributed by atoms with Crippen LogP contribution < -0.4 is 0 Å². The van der Waals surface area contributed by atoms with Gasteiger partial charge < -0.3 is 4.74 Å². The molecule has 2 unspecified atom stereocenters. The van der Waals surface area contributed by atoms with Crippen LogP contribution in [0.25, 0.3) is 0 Å². The lowest BCUT2D eigenvalue weighted by Gasteiger charge is -2.54. The molecule has 6 heteroatoms. The first-order valence-electron chi connectivity index (χ1n) is 7.43. The van der Waals surface area contributed by atoms with Crippen LogP contribution in [-0.4, -0.2) is 59.0 Å². The molecule has 0 aromatic heterocycles. The van der Waals surface area contributed by atoms with Crippen LogP contribution in [0.1, 0.15) is 26.7 Å². The molecule has 2 aliphatic rings. The Balaban J connectivity index is 1.73. The van der Waals surface area contributed by atoms with Crippen molar-refractivity contribution < 1.29 is 17.3 Å². The molecule has 0 bridgehead atoms. The van der Waals surface area contributed by atoms with Crippen molar-refractivity contribution in [3.63, 3.8) is 0 Å². The quantitative estimate of drug-likeness (QED) is 0.693. The van der Waals surface area contributed by atoms with Crippen molar-refractivity contribution in [3.05, 3.63) is 0 Å². The van der Waals surface area contributed by atoms with E-state index in [2.05, 4.69) is 18.7 Å². The van der Waals surface area contributed by atoms with E-state index in [0.717, 1.165) is 45.5 Å². The van der Waals surface area contributed by atoms with Gasteiger partial charge in [0.2, 0.25) is 0 Å². The van der Waals surface area contributed by atoms with Gasteiger partial charge in [-0.2, -0.15) is 8.42 Å². The smallest absolute Gasteiger partial charge is 0.264 e. The maximum absolute atomic E-state index is 11.0. The van der Waals surface area contributed by atoms with Crippen LogP contribution in [0.2, 0.25) is 0 Å². The van der Waals surface area contributed by atoms with Crippen molar-refractivity contribution in [2.24, 2.45) is 17.3 Å². The summed E-state index contributed by atoms with van der Waals surface area (Å²) in [6, 6.07) is 0. The van der Waals surface area contributed by atoms with E-state index < -0.39 is 10.1 Å². The number of ether oxygens (including phenoxy) is 1. The average Bonchev–Trinajstić information content (AvgIpc) is 2.36. The van der Waals surface area contributed by atoms with Crippen LogP contribution >= 0.6 is 0 Å². The summed E-state index contributed by atoms with van der Waals surface area (Å²) in [5, 5.41) is 0. The van der Waals surface area contributed by atoms with E-state index in [0.29, 0.717) is 18.4 Å². The van der Waals surface area contributed by atoms with Crippen molar-refractivity contribution in [1.82, 2.24) is 4.90 Å². The zero-order chi connectivity index (χ0) is 14.8. The molecule has 2 rings (SSSR count). The topological polar surface area (TPSA) is 55.8 Å². The summed E-state index contributed by atoms with van der Waals surface area (Å²) in [6.07, 6.45) is 3.12. The first-order valence-corrected chi connectivity index (χ1v) is 9.25. The zero-order valence-electron chi connectivity index (χ0n) is 12.8. The molecule has 1 aliphatic heterocycles. The lowest BCUT2D eigenvalue weighted by molar-refractivity contribution is -0.0635. The SMILES string of the molecule is CC1(C)C(CCOS(C)(=O)=O)CC1CN1CCOCC1. The standard InChI is InChI=1S/C14H27NO4S/c1-14(2)12(4-7-19-20(3,16)17)10-13(14)11-15-5-8-18-9-6-15/h12-13H,4-11H2,1-3H3. The van der Waals surface area contributed by atoms with Gasteiger partial charge in [-0.05, 0) is 30.1 Å². The summed E-state index contributed by atoms with van der Waals surface area (Å²) >= 11 is 0. The third-order valence-corrected chi connectivity index (χ3v) is 5.61. The second-order valence-corrected chi connectivity index (χ2v) is 8.32. The highest BCUT2D eigenvalue weighted by atomic mass is 32.2. The Kier molecular flexibility index (Phi) is 5.10. The third kappa shape index (κ3) is 4.16. The molecule has 0 N–H and O–H groups in total. The molecule has 20 heavy (non-hydrogen) atoms. The van der Waals surface area contributed by atoms with Crippen molar-refractivity contribution in [3.8, 4) is 0 Å². The maximum atomic E-state index is 11.0. The van der Waals surface area contributed by atoms with E-state index in [-0.39, 0.29) is 5.41 Å². The summed E-state index contributed by atoms with van der Waals surface area (Å²) in [7, 11) is -3.30. The molecule has 118 valence electrons. The van der Waals surface area contributed by atoms with Gasteiger partial charge in [0.1, 0.15) is 0 Å². The van der Waals surface area contributed by atoms with E-state index in [1.807, 2.05) is 0 Å². The second kappa shape index (κ2) is 6.30. The number of morpholine rings is 1. The minimum atomic E-state index is -3.30. The van der Waals surface area contributed by atoms with Crippen LogP contribution in [0.4, 0.5) is 0 Å². The highest BCUT2D eigenvalue weighted by Gasteiger charge is 2.47. The van der Waals surface area contributed by atoms with E-state index in [1.54, 1.807) is 0 Å². The van der Waals surface area contributed by atoms with Crippen LogP contribution in [0, 0.1) is 17.3 Å². The Hall–Kier alpha value is -0.170. The molecule has 0 amide bonds. The highest BCUT2D eigenvalue weighted by molar-refractivity contribution is 7.85. The number of nitrogens with zero attached hydrogens (tertiary/aromatic N) is 1. The van der Waals surface area contributed by atoms with Gasteiger partial charge in [0.05, 0.1) is 26.1 Å². The summed E-state index contributed by atoms with van der Waals surface area (Å²) in [6.45, 7) is 9.82. The lowest BCUT2D eigenvalue weighted by Crippen LogP contribution is -2.52. The maximum Gasteiger partial charge on any atom is 0.264 e. The molecule has 0 aromatic carbocycles. The van der Waals surface area contributed by atoms with Crippen LogP contribution in [0.5, 0.6) is 0 Å². The summed E-state index contributed by atoms with van der Waals surface area (Å²) in [5.74, 6) is 1.26. The van der Waals surface area contributed by atoms with Crippen LogP contribution in [-0.2, 0) is 19.0 Å². The molecule has 2 atom stereocenters. The largest absolute Gasteiger partial charge is 0.379 e. The lowest BCUT2D eigenvalue weighted by atomic mass is 9.54. The van der Waals surface area contributed by atoms with E-state index in [4.69, 9.17) is 8.92 Å². The Bertz CT molecular complexity index is 415. The van der Waals surface area contributed by atoms with E-state index >= 15 is 0 Å². The van der Waals surface area contributed by atoms with Gasteiger partial charge in [0.15, 0.2) is 0 Å². The van der Waals surface area contributed by atoms with Crippen LogP contribution in [0.15, 0.2) is 0 Å². The Morgan fingerprint density at radius 2 is 1.90 bits per heavy atom. The molecule has 5 nitrogen and oxygen atoms in total. The fourth-order valence-electron chi connectivity index (χ4n) is 3.36. The van der Waals surface area contributed by atoms with Gasteiger partial charge in [0.25, 0.3) is 10.1 Å². The van der Waals surface area contributed by atoms with Crippen LogP contribution in [0.3, 0.4) is 0 Å². The molecule has 2 fully saturated rings. The average molecular weight is 305 g/mol. The molecule has 1 saturated heterocycles. The van der Waals surface area contributed by atoms with Gasteiger partial charge >= 0.3 is 0 Å². The molecule has 0 spiro atoms. The summed E-state index contributed by atoms with van der Waals surface area (Å²) in [4.78, 5) is 2.49. The molecule has 0 aromatic rings. The summed E-state index contributed by atoms with van der Waals surface area (Å²) < 4.78 is 32.2. The van der Waals surface area contributed by atoms with Gasteiger partial charge in [-0.15, -0.1) is 0 Å². The Morgan fingerprint density at radius 1 is 1.25 bits per heavy atom. The molecule has 0 radical (unpaired) electrons. The fraction of sp³-hybridized carbons (Fsp3) is 1.00. The predicted molar refractivity (Wildman–Crippen MR) is 78.0 cm³/mol. The normalized spacial score (nSPS) is 30.9. The highest BCUT2D eigenvalue weighted by Crippen LogP contribution is 2.53. The van der Waals surface area contributed by atoms with Gasteiger partial charge in [-0.1, -0.05) is 13.8 Å². The van der Waals surface area contributed by atoms with Gasteiger partial charge in [-0.3, -0.25) is 9.08 Å². The second-order valence-electron chi connectivity index (χ2n) is 6.68. The minimum absolute atomic E-state index is 0.277. The van der Waals surface area contributed by atoms with Crippen molar-refractivity contribution >= 4 is 10.1 Å². The number of rotatable bonds is 6. The third-order valence-electron chi connectivity index (χ3n) is 5.02. The van der Waals surface area contributed by atoms with E-state index in [1.165, 1.54) is 6.42 Å². The monoisotopic (exact) mass is 305 g/mol. The Morgan fingerprint density at radius 3 is 2.45 bits per heavy atom. The fourth-order valence-corrected chi connectivity index (χ4v) is 3.76. The first-order chi connectivity index (χ1) is 9.29. The first kappa shape index (κ1) is 16.2. The molecular weight excluding hydrogens is 278 g/mol. The number of hydrogen-bond donors (Lipinski definition) is 0. The predicted octanol–water partition coefficient (Wildman–Crippen LogP) is 1.35. The van der Waals surface area contributed by atoms with Crippen molar-refractivity contribution in [2.75, 3.05) is 45.7 Å². The van der Waals surface area contributed by atoms with Gasteiger partial charge in [0, 0.05) is 19.6 Å². The summed E-state index contributed by atoms with van der Waals surface area (Å²) in [5.41, 5.74) is 0.277. The van der Waals surface area contributed by atoms with Crippen molar-refractivity contribution in [2.45, 2.75) is 26.7 Å². The number of hydrogen-bond acceptors (Lipinski definition) is 5. The van der Waals surface area contributed by atoms with E-state index in [9.17, 15) is 8.42 Å². The molecule has 1 heterocycles. The van der Waals surface area contributed by atoms with Crippen molar-refractivity contribution in [1.29, 1.82) is 0 Å². The molecule has 1 aliphatic carbocycles. The van der Waals surface area contributed by atoms with Gasteiger partial charge in [-0.25, -0.2) is 0 Å².